The molecule has 0 radical (unpaired) electrons. The van der Waals surface area contributed by atoms with Gasteiger partial charge in [-0.3, -0.25) is 9.69 Å². The number of hydrogen-bond donors (Lipinski definition) is 0. The first-order chi connectivity index (χ1) is 13.4. The lowest BCUT2D eigenvalue weighted by atomic mass is 10.2. The Balaban J connectivity index is 1.44. The Labute approximate surface area is 167 Å². The minimum Gasteiger partial charge on any atom is -0.336 e. The van der Waals surface area contributed by atoms with Crippen LogP contribution < -0.4 is 0 Å². The van der Waals surface area contributed by atoms with Crippen LogP contribution in [0.2, 0.25) is 5.02 Å². The lowest BCUT2D eigenvalue weighted by Gasteiger charge is -2.34. The largest absolute Gasteiger partial charge is 0.336 e. The predicted octanol–water partition coefficient (Wildman–Crippen LogP) is 3.10. The van der Waals surface area contributed by atoms with Gasteiger partial charge in [-0.05, 0) is 37.6 Å². The van der Waals surface area contributed by atoms with Crippen molar-refractivity contribution in [2.24, 2.45) is 0 Å². The van der Waals surface area contributed by atoms with E-state index in [1.165, 1.54) is 12.1 Å². The molecular formula is C20H21ClFN5O. The molecule has 1 aliphatic heterocycles. The number of carbonyl (C=O) groups is 1. The second-order valence-electron chi connectivity index (χ2n) is 7.14. The molecular weight excluding hydrogens is 381 g/mol. The fraction of sp³-hybridized carbons (Fsp3) is 0.350. The molecule has 0 saturated carbocycles. The van der Waals surface area contributed by atoms with Crippen LogP contribution in [0.5, 0.6) is 0 Å². The van der Waals surface area contributed by atoms with Gasteiger partial charge in [0.15, 0.2) is 5.65 Å². The SMILES string of the molecule is Cc1cc(C)n2ncc(C(=O)N3CCN(Cc4ccc(F)cc4Cl)CC3)c2n1. The van der Waals surface area contributed by atoms with Crippen molar-refractivity contribution in [3.05, 3.63) is 63.8 Å². The molecule has 1 aromatic carbocycles. The standard InChI is InChI=1S/C20H21ClFN5O/c1-13-9-14(2)27-19(24-13)17(11-23-27)20(28)26-7-5-25(6-8-26)12-15-3-4-16(22)10-18(15)21/h3-4,9-11H,5-8,12H2,1-2H3. The van der Waals surface area contributed by atoms with Gasteiger partial charge in [0, 0.05) is 49.1 Å². The molecule has 1 aliphatic rings. The first-order valence-electron chi connectivity index (χ1n) is 9.20. The Hall–Kier alpha value is -2.51. The minimum absolute atomic E-state index is 0.0491. The Morgan fingerprint density at radius 2 is 1.93 bits per heavy atom. The fourth-order valence-corrected chi connectivity index (χ4v) is 3.82. The summed E-state index contributed by atoms with van der Waals surface area (Å²) >= 11 is 6.13. The lowest BCUT2D eigenvalue weighted by molar-refractivity contribution is 0.0630. The second kappa shape index (κ2) is 7.48. The third-order valence-electron chi connectivity index (χ3n) is 5.08. The van der Waals surface area contributed by atoms with Crippen molar-refractivity contribution >= 4 is 23.2 Å². The van der Waals surface area contributed by atoms with Crippen molar-refractivity contribution < 1.29 is 9.18 Å². The first-order valence-corrected chi connectivity index (χ1v) is 9.58. The topological polar surface area (TPSA) is 53.7 Å². The van der Waals surface area contributed by atoms with E-state index in [1.54, 1.807) is 16.8 Å². The number of hydrogen-bond acceptors (Lipinski definition) is 4. The third kappa shape index (κ3) is 3.59. The minimum atomic E-state index is -0.336. The number of aryl methyl sites for hydroxylation is 2. The molecule has 1 amide bonds. The molecule has 1 saturated heterocycles. The number of fused-ring (bicyclic) bond motifs is 1. The van der Waals surface area contributed by atoms with Gasteiger partial charge in [-0.15, -0.1) is 0 Å². The van der Waals surface area contributed by atoms with Gasteiger partial charge >= 0.3 is 0 Å². The molecule has 0 bridgehead atoms. The van der Waals surface area contributed by atoms with Gasteiger partial charge in [-0.1, -0.05) is 17.7 Å². The average Bonchev–Trinajstić information content (AvgIpc) is 3.08. The van der Waals surface area contributed by atoms with Crippen molar-refractivity contribution in [2.45, 2.75) is 20.4 Å². The molecule has 146 valence electrons. The first kappa shape index (κ1) is 18.8. The highest BCUT2D eigenvalue weighted by Gasteiger charge is 2.25. The van der Waals surface area contributed by atoms with Crippen LogP contribution in [0.25, 0.3) is 5.65 Å². The van der Waals surface area contributed by atoms with E-state index in [9.17, 15) is 9.18 Å². The highest BCUT2D eigenvalue weighted by molar-refractivity contribution is 6.31. The summed E-state index contributed by atoms with van der Waals surface area (Å²) in [4.78, 5) is 21.5. The number of benzene rings is 1. The van der Waals surface area contributed by atoms with E-state index in [-0.39, 0.29) is 11.7 Å². The Bertz CT molecular complexity index is 1040. The quantitative estimate of drug-likeness (QED) is 0.676. The smallest absolute Gasteiger partial charge is 0.259 e. The zero-order valence-electron chi connectivity index (χ0n) is 15.8. The molecule has 2 aromatic heterocycles. The van der Waals surface area contributed by atoms with E-state index in [0.29, 0.717) is 35.9 Å². The monoisotopic (exact) mass is 401 g/mol. The van der Waals surface area contributed by atoms with Crippen LogP contribution in [0.4, 0.5) is 4.39 Å². The number of rotatable bonds is 3. The van der Waals surface area contributed by atoms with Gasteiger partial charge in [0.05, 0.1) is 6.20 Å². The summed E-state index contributed by atoms with van der Waals surface area (Å²) in [6.07, 6.45) is 1.60. The molecule has 1 fully saturated rings. The summed E-state index contributed by atoms with van der Waals surface area (Å²) in [7, 11) is 0. The van der Waals surface area contributed by atoms with E-state index >= 15 is 0 Å². The molecule has 0 unspecified atom stereocenters. The van der Waals surface area contributed by atoms with Crippen molar-refractivity contribution in [3.63, 3.8) is 0 Å². The van der Waals surface area contributed by atoms with Gasteiger partial charge in [0.1, 0.15) is 11.4 Å². The van der Waals surface area contributed by atoms with Gasteiger partial charge in [0.2, 0.25) is 0 Å². The van der Waals surface area contributed by atoms with Gasteiger partial charge < -0.3 is 4.90 Å². The summed E-state index contributed by atoms with van der Waals surface area (Å²) in [5.41, 5.74) is 3.83. The Kier molecular flexibility index (Phi) is 5.03. The lowest BCUT2D eigenvalue weighted by Crippen LogP contribution is -2.48. The number of carbonyl (C=O) groups excluding carboxylic acids is 1. The van der Waals surface area contributed by atoms with E-state index in [0.717, 1.165) is 30.0 Å². The highest BCUT2D eigenvalue weighted by Crippen LogP contribution is 2.21. The molecule has 0 spiro atoms. The molecule has 4 rings (SSSR count). The molecule has 0 N–H and O–H groups in total. The molecule has 6 nitrogen and oxygen atoms in total. The number of amides is 1. The zero-order valence-corrected chi connectivity index (χ0v) is 16.6. The van der Waals surface area contributed by atoms with Gasteiger partial charge in [-0.25, -0.2) is 13.9 Å². The number of halogens is 2. The van der Waals surface area contributed by atoms with Crippen LogP contribution in [0.15, 0.2) is 30.5 Å². The van der Waals surface area contributed by atoms with E-state index in [1.807, 2.05) is 24.8 Å². The zero-order chi connectivity index (χ0) is 19.8. The molecule has 3 aromatic rings. The van der Waals surface area contributed by atoms with Gasteiger partial charge in [0.25, 0.3) is 5.91 Å². The number of piperazine rings is 1. The molecule has 3 heterocycles. The van der Waals surface area contributed by atoms with Crippen LogP contribution in [0.1, 0.15) is 27.3 Å². The average molecular weight is 402 g/mol. The summed E-state index contributed by atoms with van der Waals surface area (Å²) in [6.45, 7) is 7.17. The van der Waals surface area contributed by atoms with Crippen LogP contribution in [-0.4, -0.2) is 56.5 Å². The number of aromatic nitrogens is 3. The van der Waals surface area contributed by atoms with E-state index in [4.69, 9.17) is 11.6 Å². The Morgan fingerprint density at radius 1 is 1.18 bits per heavy atom. The summed E-state index contributed by atoms with van der Waals surface area (Å²) < 4.78 is 14.9. The van der Waals surface area contributed by atoms with Crippen molar-refractivity contribution in [1.29, 1.82) is 0 Å². The number of nitrogens with zero attached hydrogens (tertiary/aromatic N) is 5. The molecule has 28 heavy (non-hydrogen) atoms. The second-order valence-corrected chi connectivity index (χ2v) is 7.54. The normalized spacial score (nSPS) is 15.4. The molecule has 0 atom stereocenters. The van der Waals surface area contributed by atoms with Gasteiger partial charge in [-0.2, -0.15) is 5.10 Å². The van der Waals surface area contributed by atoms with Crippen molar-refractivity contribution in [2.75, 3.05) is 26.2 Å². The molecule has 0 aliphatic carbocycles. The maximum absolute atomic E-state index is 13.2. The van der Waals surface area contributed by atoms with E-state index < -0.39 is 0 Å². The van der Waals surface area contributed by atoms with E-state index in [2.05, 4.69) is 15.0 Å². The Morgan fingerprint density at radius 3 is 2.64 bits per heavy atom. The van der Waals surface area contributed by atoms with Crippen molar-refractivity contribution in [1.82, 2.24) is 24.4 Å². The third-order valence-corrected chi connectivity index (χ3v) is 5.43. The summed E-state index contributed by atoms with van der Waals surface area (Å²) in [5, 5.41) is 4.75. The summed E-state index contributed by atoms with van der Waals surface area (Å²) in [6, 6.07) is 6.40. The van der Waals surface area contributed by atoms with Crippen molar-refractivity contribution in [3.8, 4) is 0 Å². The highest BCUT2D eigenvalue weighted by atomic mass is 35.5. The maximum Gasteiger partial charge on any atom is 0.259 e. The van der Waals surface area contributed by atoms with Crippen LogP contribution in [0.3, 0.4) is 0 Å². The van der Waals surface area contributed by atoms with Crippen LogP contribution in [-0.2, 0) is 6.54 Å². The maximum atomic E-state index is 13.2. The fourth-order valence-electron chi connectivity index (χ4n) is 3.59. The summed E-state index contributed by atoms with van der Waals surface area (Å²) in [5.74, 6) is -0.386. The van der Waals surface area contributed by atoms with Crippen LogP contribution >= 0.6 is 11.6 Å². The predicted molar refractivity (Wildman–Crippen MR) is 105 cm³/mol. The molecule has 8 heteroatoms. The van der Waals surface area contributed by atoms with Crippen LogP contribution in [0, 0.1) is 19.7 Å².